The van der Waals surface area contributed by atoms with Crippen molar-refractivity contribution in [1.29, 1.82) is 0 Å². The first-order valence-corrected chi connectivity index (χ1v) is 1.96. The lowest BCUT2D eigenvalue weighted by Gasteiger charge is -1.63. The zero-order valence-corrected chi connectivity index (χ0v) is 4.31. The number of carbonyl (C=O) groups is 1. The van der Waals surface area contributed by atoms with E-state index in [2.05, 4.69) is 6.58 Å². The second-order valence-corrected chi connectivity index (χ2v) is 1.37. The third-order valence-electron chi connectivity index (χ3n) is 0.228. The Morgan fingerprint density at radius 2 is 2.20 bits per heavy atom. The molecule has 2 heteroatoms. The molecule has 0 aliphatic heterocycles. The highest BCUT2D eigenvalue weighted by molar-refractivity contribution is 6.60. The molecule has 0 spiro atoms. The number of carbonyl (C=O) groups excluding carboxylic acids is 1. The minimum absolute atomic E-state index is 0.0463. The molecule has 0 saturated carbocycles. The van der Waals surface area contributed by atoms with Crippen molar-refractivity contribution in [2.24, 2.45) is 0 Å². The third-order valence-corrected chi connectivity index (χ3v) is 0.516. The first-order valence-electron chi connectivity index (χ1n) is 1.25. The molecule has 1 nitrogen and oxygen atoms in total. The van der Waals surface area contributed by atoms with Crippen molar-refractivity contribution in [3.8, 4) is 0 Å². The molecule has 0 fully saturated rings. The maximum absolute atomic E-state index is 9.71. The van der Waals surface area contributed by atoms with Crippen LogP contribution < -0.4 is 0 Å². The Hall–Kier alpha value is -0.0575. The van der Waals surface area contributed by atoms with E-state index in [0.717, 1.165) is 0 Å². The zero-order valence-electron chi connectivity index (χ0n) is 2.90. The van der Waals surface area contributed by atoms with Crippen LogP contribution in [0, 0.1) is 0 Å². The van der Waals surface area contributed by atoms with Crippen LogP contribution in [0.2, 0.25) is 0 Å². The molecule has 0 bridgehead atoms. The van der Waals surface area contributed by atoms with Gasteiger partial charge in [-0.05, 0) is 6.08 Å². The van der Waals surface area contributed by atoms with Crippen molar-refractivity contribution in [3.05, 3.63) is 12.7 Å². The highest BCUT2D eigenvalue weighted by atomic mass is 27.0. The number of hydrogen-bond donors (Lipinski definition) is 0. The van der Waals surface area contributed by atoms with Crippen LogP contribution in [-0.4, -0.2) is 20.9 Å². The Kier molecular flexibility index (Phi) is 2.17. The SMILES string of the molecule is C=C[C](=O)[AlH]. The van der Waals surface area contributed by atoms with Crippen LogP contribution in [0.1, 0.15) is 0 Å². The molecule has 0 heterocycles. The van der Waals surface area contributed by atoms with Gasteiger partial charge >= 0.3 is 0 Å². The quantitative estimate of drug-likeness (QED) is 0.311. The van der Waals surface area contributed by atoms with Gasteiger partial charge in [-0.3, -0.25) is 0 Å². The second kappa shape index (κ2) is 2.20. The fourth-order valence-corrected chi connectivity index (χ4v) is 0. The molecule has 0 aromatic carbocycles. The van der Waals surface area contributed by atoms with Gasteiger partial charge in [-0.25, -0.2) is 0 Å². The topological polar surface area (TPSA) is 17.1 Å². The molecule has 0 amide bonds. The molecule has 0 aliphatic carbocycles. The fraction of sp³-hybridized carbons (Fsp3) is 0. The molecule has 0 aliphatic rings. The van der Waals surface area contributed by atoms with Crippen LogP contribution in [0.25, 0.3) is 0 Å². The summed E-state index contributed by atoms with van der Waals surface area (Å²) in [5, 5.41) is 0. The fourth-order valence-electron chi connectivity index (χ4n) is 0. The van der Waals surface area contributed by atoms with Crippen molar-refractivity contribution in [2.45, 2.75) is 0 Å². The normalized spacial score (nSPS) is 6.40. The van der Waals surface area contributed by atoms with Crippen LogP contribution in [0.4, 0.5) is 0 Å². The van der Waals surface area contributed by atoms with E-state index >= 15 is 0 Å². The van der Waals surface area contributed by atoms with Gasteiger partial charge in [0.1, 0.15) is 0 Å². The van der Waals surface area contributed by atoms with E-state index in [0.29, 0.717) is 0 Å². The van der Waals surface area contributed by atoms with Crippen molar-refractivity contribution in [3.63, 3.8) is 0 Å². The van der Waals surface area contributed by atoms with Gasteiger partial charge in [0.15, 0.2) is 0 Å². The van der Waals surface area contributed by atoms with Crippen LogP contribution in [-0.2, 0) is 4.79 Å². The molecule has 0 saturated heterocycles. The molecular weight excluding hydrogens is 79.0 g/mol. The van der Waals surface area contributed by atoms with Gasteiger partial charge in [-0.2, -0.15) is 0 Å². The van der Waals surface area contributed by atoms with E-state index in [1.165, 1.54) is 22.4 Å². The predicted octanol–water partition coefficient (Wildman–Crippen LogP) is -0.400. The van der Waals surface area contributed by atoms with Gasteiger partial charge in [-0.15, -0.1) is 0 Å². The summed E-state index contributed by atoms with van der Waals surface area (Å²) in [6, 6.07) is 0. The first kappa shape index (κ1) is 4.94. The summed E-state index contributed by atoms with van der Waals surface area (Å²) in [5.41, 5.74) is 0. The molecule has 0 aromatic heterocycles. The smallest absolute Gasteiger partial charge is 0.293 e. The number of hydrogen-bond acceptors (Lipinski definition) is 1. The highest BCUT2D eigenvalue weighted by Gasteiger charge is 1.70. The summed E-state index contributed by atoms with van der Waals surface area (Å²) in [6.45, 7) is 3.22. The van der Waals surface area contributed by atoms with Gasteiger partial charge in [0.05, 0.1) is 4.65 Å². The van der Waals surface area contributed by atoms with Crippen LogP contribution in [0.15, 0.2) is 12.7 Å². The Morgan fingerprint density at radius 1 is 2.00 bits per heavy atom. The van der Waals surface area contributed by atoms with Gasteiger partial charge in [0, 0.05) is 0 Å². The second-order valence-electron chi connectivity index (χ2n) is 0.670. The van der Waals surface area contributed by atoms with Crippen LogP contribution >= 0.6 is 0 Å². The third kappa shape index (κ3) is 3.94. The summed E-state index contributed by atoms with van der Waals surface area (Å²) in [6.07, 6.45) is 1.29. The Balaban J connectivity index is 3.20. The molecule has 0 rings (SSSR count). The summed E-state index contributed by atoms with van der Waals surface area (Å²) >= 11 is 1.29. The maximum Gasteiger partial charge on any atom is 0.293 e. The highest BCUT2D eigenvalue weighted by Crippen LogP contribution is 1.53. The monoisotopic (exact) mass is 83.0 g/mol. The van der Waals surface area contributed by atoms with Crippen LogP contribution in [0.3, 0.4) is 0 Å². The Morgan fingerprint density at radius 3 is 2.20 bits per heavy atom. The summed E-state index contributed by atoms with van der Waals surface area (Å²) in [7, 11) is 0. The molecule has 5 heavy (non-hydrogen) atoms. The molecule has 0 N–H and O–H groups in total. The van der Waals surface area contributed by atoms with E-state index in [1.54, 1.807) is 0 Å². The first-order chi connectivity index (χ1) is 2.27. The van der Waals surface area contributed by atoms with Crippen molar-refractivity contribution in [1.82, 2.24) is 0 Å². The van der Waals surface area contributed by atoms with E-state index < -0.39 is 0 Å². The average molecular weight is 83.0 g/mol. The van der Waals surface area contributed by atoms with E-state index in [-0.39, 0.29) is 4.65 Å². The van der Waals surface area contributed by atoms with Crippen molar-refractivity contribution >= 4 is 20.9 Å². The Bertz CT molecular complexity index is 57.9. The minimum atomic E-state index is 0.0463. The molecule has 0 unspecified atom stereocenters. The Labute approximate surface area is 39.1 Å². The molecule has 0 aromatic rings. The lowest BCUT2D eigenvalue weighted by atomic mass is 10.7. The van der Waals surface area contributed by atoms with Crippen molar-refractivity contribution in [2.75, 3.05) is 0 Å². The molecular formula is C3H4AlO. The van der Waals surface area contributed by atoms with E-state index in [1.807, 2.05) is 0 Å². The summed E-state index contributed by atoms with van der Waals surface area (Å²) in [4.78, 5) is 9.71. The van der Waals surface area contributed by atoms with Gasteiger partial charge in [-0.1, -0.05) is 6.58 Å². The van der Waals surface area contributed by atoms with Gasteiger partial charge in [0.25, 0.3) is 16.3 Å². The molecule has 1 radical (unpaired) electrons. The standard InChI is InChI=1S/C3H3O.Al.H/c1-2-3-4;;/h2H,1H2;;. The average Bonchev–Trinajstić information content (AvgIpc) is 1.38. The predicted molar refractivity (Wildman–Crippen MR) is 22.4 cm³/mol. The molecule has 0 atom stereocenters. The minimum Gasteiger partial charge on any atom is -0.318 e. The number of allylic oxidation sites excluding steroid dienone is 1. The van der Waals surface area contributed by atoms with Crippen molar-refractivity contribution < 1.29 is 4.79 Å². The van der Waals surface area contributed by atoms with E-state index in [4.69, 9.17) is 0 Å². The van der Waals surface area contributed by atoms with Crippen LogP contribution in [0.5, 0.6) is 0 Å². The number of rotatable bonds is 1. The maximum atomic E-state index is 9.71. The lowest BCUT2D eigenvalue weighted by molar-refractivity contribution is -0.107. The summed E-state index contributed by atoms with van der Waals surface area (Å²) in [5.74, 6) is 0. The zero-order chi connectivity index (χ0) is 4.28. The van der Waals surface area contributed by atoms with E-state index in [9.17, 15) is 4.79 Å². The molecule has 25 valence electrons. The summed E-state index contributed by atoms with van der Waals surface area (Å²) < 4.78 is 0.0463. The van der Waals surface area contributed by atoms with Gasteiger partial charge in [0.2, 0.25) is 0 Å². The van der Waals surface area contributed by atoms with Gasteiger partial charge < -0.3 is 4.79 Å². The lowest BCUT2D eigenvalue weighted by Crippen LogP contribution is -1.84. The largest absolute Gasteiger partial charge is 0.318 e.